The highest BCUT2D eigenvalue weighted by Gasteiger charge is 2.11. The van der Waals surface area contributed by atoms with Gasteiger partial charge in [0.1, 0.15) is 0 Å². The Morgan fingerprint density at radius 1 is 1.33 bits per heavy atom. The van der Waals surface area contributed by atoms with E-state index in [1.165, 1.54) is 12.1 Å². The molecule has 122 valence electrons. The summed E-state index contributed by atoms with van der Waals surface area (Å²) in [6.45, 7) is 2.05. The number of nitrogens with zero attached hydrogens (tertiary/aromatic N) is 2. The lowest BCUT2D eigenvalue weighted by Gasteiger charge is -2.01. The standard InChI is InChI=1S/C16H14N4O4/c1-2-24-15(21)10-6-7-13-14(8-10)19-16(18-13)17-11-4-3-5-12(9-11)20(22)23/h3-9H,2H2,1H3,(H2,17,18,19). The smallest absolute Gasteiger partial charge is 0.338 e. The number of hydrogen-bond donors (Lipinski definition) is 2. The Balaban J connectivity index is 1.87. The van der Waals surface area contributed by atoms with Gasteiger partial charge in [-0.2, -0.15) is 0 Å². The first-order valence-corrected chi connectivity index (χ1v) is 7.25. The van der Waals surface area contributed by atoms with E-state index in [0.29, 0.717) is 34.8 Å². The zero-order valence-electron chi connectivity index (χ0n) is 12.8. The Morgan fingerprint density at radius 2 is 2.17 bits per heavy atom. The van der Waals surface area contributed by atoms with Gasteiger partial charge in [0, 0.05) is 17.8 Å². The maximum Gasteiger partial charge on any atom is 0.338 e. The second-order valence-corrected chi connectivity index (χ2v) is 4.97. The lowest BCUT2D eigenvalue weighted by atomic mass is 10.2. The fourth-order valence-electron chi connectivity index (χ4n) is 2.24. The van der Waals surface area contributed by atoms with Gasteiger partial charge >= 0.3 is 5.97 Å². The van der Waals surface area contributed by atoms with E-state index in [1.807, 2.05) is 0 Å². The van der Waals surface area contributed by atoms with Crippen molar-refractivity contribution in [2.75, 3.05) is 11.9 Å². The molecule has 2 aromatic carbocycles. The summed E-state index contributed by atoms with van der Waals surface area (Å²) in [5, 5.41) is 13.8. The SMILES string of the molecule is CCOC(=O)c1ccc2nc(Nc3cccc([N+](=O)[O-])c3)[nH]c2c1. The summed E-state index contributed by atoms with van der Waals surface area (Å²) >= 11 is 0. The second-order valence-electron chi connectivity index (χ2n) is 4.97. The van der Waals surface area contributed by atoms with Gasteiger partial charge < -0.3 is 15.0 Å². The summed E-state index contributed by atoms with van der Waals surface area (Å²) in [5.74, 6) is 0.0219. The molecule has 0 aliphatic heterocycles. The summed E-state index contributed by atoms with van der Waals surface area (Å²) in [4.78, 5) is 29.5. The van der Waals surface area contributed by atoms with Gasteiger partial charge in [-0.3, -0.25) is 10.1 Å². The van der Waals surface area contributed by atoms with Crippen LogP contribution in [0.4, 0.5) is 17.3 Å². The van der Waals surface area contributed by atoms with E-state index >= 15 is 0 Å². The summed E-state index contributed by atoms with van der Waals surface area (Å²) in [5.41, 5.74) is 2.27. The van der Waals surface area contributed by atoms with Crippen LogP contribution in [0.2, 0.25) is 0 Å². The van der Waals surface area contributed by atoms with Crippen molar-refractivity contribution in [2.45, 2.75) is 6.92 Å². The zero-order valence-corrected chi connectivity index (χ0v) is 12.8. The third-order valence-electron chi connectivity index (χ3n) is 3.31. The first kappa shape index (κ1) is 15.5. The highest BCUT2D eigenvalue weighted by atomic mass is 16.6. The number of carbonyl (C=O) groups excluding carboxylic acids is 1. The van der Waals surface area contributed by atoms with Crippen LogP contribution in [0.3, 0.4) is 0 Å². The molecule has 0 fully saturated rings. The molecule has 1 heterocycles. The Morgan fingerprint density at radius 3 is 2.92 bits per heavy atom. The van der Waals surface area contributed by atoms with Crippen LogP contribution in [-0.4, -0.2) is 27.5 Å². The Bertz CT molecular complexity index is 919. The van der Waals surface area contributed by atoms with Crippen molar-refractivity contribution in [3.05, 3.63) is 58.1 Å². The van der Waals surface area contributed by atoms with E-state index < -0.39 is 10.9 Å². The Labute approximate surface area is 136 Å². The fraction of sp³-hybridized carbons (Fsp3) is 0.125. The van der Waals surface area contributed by atoms with E-state index in [-0.39, 0.29) is 5.69 Å². The Hall–Kier alpha value is -3.42. The predicted molar refractivity (Wildman–Crippen MR) is 88.4 cm³/mol. The molecule has 0 saturated heterocycles. The van der Waals surface area contributed by atoms with Gasteiger partial charge in [-0.05, 0) is 31.2 Å². The van der Waals surface area contributed by atoms with Gasteiger partial charge in [0.15, 0.2) is 0 Å². The molecule has 0 spiro atoms. The average molecular weight is 326 g/mol. The van der Waals surface area contributed by atoms with E-state index in [1.54, 1.807) is 37.3 Å². The molecule has 0 unspecified atom stereocenters. The number of ether oxygens (including phenoxy) is 1. The van der Waals surface area contributed by atoms with Gasteiger partial charge in [-0.15, -0.1) is 0 Å². The lowest BCUT2D eigenvalue weighted by Crippen LogP contribution is -2.04. The van der Waals surface area contributed by atoms with Crippen molar-refractivity contribution in [1.82, 2.24) is 9.97 Å². The number of H-pyrrole nitrogens is 1. The number of nitro groups is 1. The molecular formula is C16H14N4O4. The second kappa shape index (κ2) is 6.37. The monoisotopic (exact) mass is 326 g/mol. The van der Waals surface area contributed by atoms with Crippen molar-refractivity contribution in [3.8, 4) is 0 Å². The van der Waals surface area contributed by atoms with Crippen LogP contribution in [-0.2, 0) is 4.74 Å². The maximum atomic E-state index is 11.8. The molecular weight excluding hydrogens is 312 g/mol. The number of imidazole rings is 1. The van der Waals surface area contributed by atoms with Crippen molar-refractivity contribution in [2.24, 2.45) is 0 Å². The molecule has 24 heavy (non-hydrogen) atoms. The molecule has 8 heteroatoms. The largest absolute Gasteiger partial charge is 0.462 e. The minimum Gasteiger partial charge on any atom is -0.462 e. The normalized spacial score (nSPS) is 10.5. The summed E-state index contributed by atoms with van der Waals surface area (Å²) in [6.07, 6.45) is 0. The number of anilines is 2. The van der Waals surface area contributed by atoms with E-state index in [4.69, 9.17) is 4.74 Å². The lowest BCUT2D eigenvalue weighted by molar-refractivity contribution is -0.384. The van der Waals surface area contributed by atoms with Crippen LogP contribution in [0.25, 0.3) is 11.0 Å². The summed E-state index contributed by atoms with van der Waals surface area (Å²) < 4.78 is 4.96. The molecule has 3 aromatic rings. The zero-order chi connectivity index (χ0) is 17.1. The molecule has 1 aromatic heterocycles. The highest BCUT2D eigenvalue weighted by Crippen LogP contribution is 2.22. The number of carbonyl (C=O) groups is 1. The first-order chi connectivity index (χ1) is 11.6. The van der Waals surface area contributed by atoms with Crippen LogP contribution in [0, 0.1) is 10.1 Å². The number of non-ortho nitro benzene ring substituents is 1. The molecule has 0 atom stereocenters. The number of fused-ring (bicyclic) bond motifs is 1. The van der Waals surface area contributed by atoms with Gasteiger partial charge in [-0.25, -0.2) is 9.78 Å². The van der Waals surface area contributed by atoms with Crippen molar-refractivity contribution >= 4 is 34.3 Å². The van der Waals surface area contributed by atoms with Crippen LogP contribution in [0.5, 0.6) is 0 Å². The molecule has 0 saturated carbocycles. The molecule has 0 radical (unpaired) electrons. The average Bonchev–Trinajstić information content (AvgIpc) is 2.96. The van der Waals surface area contributed by atoms with Crippen molar-refractivity contribution in [1.29, 1.82) is 0 Å². The Kier molecular flexibility index (Phi) is 4.11. The number of benzene rings is 2. The number of nitro benzene ring substituents is 1. The van der Waals surface area contributed by atoms with Gasteiger partial charge in [0.05, 0.1) is 28.1 Å². The van der Waals surface area contributed by atoms with E-state index in [9.17, 15) is 14.9 Å². The molecule has 0 amide bonds. The summed E-state index contributed by atoms with van der Waals surface area (Å²) in [7, 11) is 0. The quantitative estimate of drug-likeness (QED) is 0.422. The molecule has 0 aliphatic rings. The molecule has 2 N–H and O–H groups in total. The van der Waals surface area contributed by atoms with Crippen LogP contribution in [0.1, 0.15) is 17.3 Å². The highest BCUT2D eigenvalue weighted by molar-refractivity contribution is 5.94. The first-order valence-electron chi connectivity index (χ1n) is 7.25. The van der Waals surface area contributed by atoms with Crippen molar-refractivity contribution < 1.29 is 14.5 Å². The number of nitrogens with one attached hydrogen (secondary N) is 2. The predicted octanol–water partition coefficient (Wildman–Crippen LogP) is 3.39. The van der Waals surface area contributed by atoms with Crippen molar-refractivity contribution in [3.63, 3.8) is 0 Å². The number of hydrogen-bond acceptors (Lipinski definition) is 6. The number of rotatable bonds is 5. The van der Waals surface area contributed by atoms with Gasteiger partial charge in [-0.1, -0.05) is 6.07 Å². The molecule has 8 nitrogen and oxygen atoms in total. The third kappa shape index (κ3) is 3.17. The third-order valence-corrected chi connectivity index (χ3v) is 3.31. The molecule has 3 rings (SSSR count). The molecule has 0 bridgehead atoms. The minimum absolute atomic E-state index is 0.0132. The number of aromatic nitrogens is 2. The van der Waals surface area contributed by atoms with E-state index in [0.717, 1.165) is 0 Å². The minimum atomic E-state index is -0.463. The van der Waals surface area contributed by atoms with E-state index in [2.05, 4.69) is 15.3 Å². The number of aromatic amines is 1. The fourth-order valence-corrected chi connectivity index (χ4v) is 2.24. The van der Waals surface area contributed by atoms with Gasteiger partial charge in [0.2, 0.25) is 5.95 Å². The molecule has 0 aliphatic carbocycles. The van der Waals surface area contributed by atoms with Gasteiger partial charge in [0.25, 0.3) is 5.69 Å². The van der Waals surface area contributed by atoms with Crippen LogP contribution >= 0.6 is 0 Å². The maximum absolute atomic E-state index is 11.8. The topological polar surface area (TPSA) is 110 Å². The summed E-state index contributed by atoms with van der Waals surface area (Å²) in [6, 6.07) is 11.1. The number of esters is 1. The van der Waals surface area contributed by atoms with Crippen LogP contribution in [0.15, 0.2) is 42.5 Å². The van der Waals surface area contributed by atoms with Crippen LogP contribution < -0.4 is 5.32 Å².